The second-order valence-electron chi connectivity index (χ2n) is 5.91. The molecule has 1 heterocycles. The van der Waals surface area contributed by atoms with Crippen LogP contribution in [0.25, 0.3) is 0 Å². The molecule has 120 valence electrons. The third-order valence-corrected chi connectivity index (χ3v) is 6.02. The molecular weight excluding hydrogens is 296 g/mol. The van der Waals surface area contributed by atoms with Gasteiger partial charge in [-0.3, -0.25) is 4.79 Å². The van der Waals surface area contributed by atoms with Crippen LogP contribution in [0.15, 0.2) is 0 Å². The number of sulfone groups is 1. The van der Waals surface area contributed by atoms with Crippen LogP contribution in [0.3, 0.4) is 0 Å². The monoisotopic (exact) mass is 318 g/mol. The van der Waals surface area contributed by atoms with E-state index in [1.807, 2.05) is 0 Å². The Kier molecular flexibility index (Phi) is 5.08. The Bertz CT molecular complexity index is 505. The Morgan fingerprint density at radius 3 is 2.38 bits per heavy atom. The number of carbonyl (C=O) groups excluding carboxylic acids is 1. The van der Waals surface area contributed by atoms with Crippen LogP contribution in [-0.4, -0.2) is 49.1 Å². The highest BCUT2D eigenvalue weighted by Gasteiger charge is 2.33. The molecule has 0 spiro atoms. The van der Waals surface area contributed by atoms with Crippen molar-refractivity contribution in [3.05, 3.63) is 0 Å². The molecule has 2 rings (SSSR count). The summed E-state index contributed by atoms with van der Waals surface area (Å²) in [5.41, 5.74) is 0. The van der Waals surface area contributed by atoms with E-state index in [1.54, 1.807) is 0 Å². The summed E-state index contributed by atoms with van der Waals surface area (Å²) in [7, 11) is -3.07. The minimum absolute atomic E-state index is 0.0343. The van der Waals surface area contributed by atoms with Gasteiger partial charge in [0.2, 0.25) is 0 Å². The maximum Gasteiger partial charge on any atom is 0.315 e. The summed E-state index contributed by atoms with van der Waals surface area (Å²) in [5, 5.41) is 14.5. The highest BCUT2D eigenvalue weighted by Crippen LogP contribution is 2.24. The quantitative estimate of drug-likeness (QED) is 0.701. The lowest BCUT2D eigenvalue weighted by molar-refractivity contribution is -0.143. The van der Waals surface area contributed by atoms with Gasteiger partial charge in [0, 0.05) is 12.1 Å². The van der Waals surface area contributed by atoms with E-state index in [1.165, 1.54) is 0 Å². The zero-order valence-corrected chi connectivity index (χ0v) is 12.7. The summed E-state index contributed by atoms with van der Waals surface area (Å²) >= 11 is 0. The molecule has 2 fully saturated rings. The third kappa shape index (κ3) is 4.59. The maximum absolute atomic E-state index is 11.9. The summed E-state index contributed by atoms with van der Waals surface area (Å²) in [6.45, 7) is 0. The van der Waals surface area contributed by atoms with Crippen molar-refractivity contribution in [2.45, 2.75) is 50.6 Å². The fraction of sp³-hybridized carbons (Fsp3) is 0.846. The predicted molar refractivity (Wildman–Crippen MR) is 76.7 cm³/mol. The molecule has 0 aromatic rings. The molecular formula is C13H22N2O5S. The van der Waals surface area contributed by atoms with Gasteiger partial charge in [-0.05, 0) is 25.7 Å². The average Bonchev–Trinajstić information content (AvgIpc) is 2.37. The van der Waals surface area contributed by atoms with Crippen molar-refractivity contribution in [3.63, 3.8) is 0 Å². The molecule has 0 radical (unpaired) electrons. The zero-order valence-electron chi connectivity index (χ0n) is 11.9. The van der Waals surface area contributed by atoms with Crippen molar-refractivity contribution < 1.29 is 23.1 Å². The largest absolute Gasteiger partial charge is 0.481 e. The number of nitrogens with one attached hydrogen (secondary N) is 2. The highest BCUT2D eigenvalue weighted by molar-refractivity contribution is 7.91. The molecule has 3 atom stereocenters. The molecule has 2 aliphatic rings. The zero-order chi connectivity index (χ0) is 15.5. The van der Waals surface area contributed by atoms with Gasteiger partial charge in [0.05, 0.1) is 17.4 Å². The first-order valence-electron chi connectivity index (χ1n) is 7.37. The Morgan fingerprint density at radius 2 is 1.71 bits per heavy atom. The number of urea groups is 1. The van der Waals surface area contributed by atoms with Crippen LogP contribution in [-0.2, 0) is 14.6 Å². The number of hydrogen-bond donors (Lipinski definition) is 3. The Labute approximate surface area is 124 Å². The molecule has 8 heteroatoms. The van der Waals surface area contributed by atoms with Crippen molar-refractivity contribution in [2.75, 3.05) is 11.5 Å². The lowest BCUT2D eigenvalue weighted by atomic mass is 9.84. The fourth-order valence-electron chi connectivity index (χ4n) is 3.13. The Balaban J connectivity index is 1.87. The molecule has 1 saturated heterocycles. The first-order chi connectivity index (χ1) is 9.87. The van der Waals surface area contributed by atoms with Crippen LogP contribution in [0.2, 0.25) is 0 Å². The normalized spacial score (nSPS) is 32.1. The summed E-state index contributed by atoms with van der Waals surface area (Å²) in [4.78, 5) is 23.1. The van der Waals surface area contributed by atoms with Crippen LogP contribution in [0, 0.1) is 5.92 Å². The number of carbonyl (C=O) groups is 2. The van der Waals surface area contributed by atoms with Crippen molar-refractivity contribution in [2.24, 2.45) is 5.92 Å². The number of hydrogen-bond acceptors (Lipinski definition) is 4. The van der Waals surface area contributed by atoms with Crippen LogP contribution in [0.4, 0.5) is 4.79 Å². The predicted octanol–water partition coefficient (Wildman–Crippen LogP) is 0.506. The smallest absolute Gasteiger partial charge is 0.315 e. The van der Waals surface area contributed by atoms with Crippen molar-refractivity contribution in [1.29, 1.82) is 0 Å². The van der Waals surface area contributed by atoms with Gasteiger partial charge in [-0.2, -0.15) is 0 Å². The standard InChI is InChI=1S/C13H22N2O5S/c16-12(17)10-5-1-2-6-11(10)15-13(18)14-9-4-3-7-21(19,20)8-9/h9-11H,1-8H2,(H,16,17)(H2,14,15,18). The van der Waals surface area contributed by atoms with Crippen molar-refractivity contribution in [1.82, 2.24) is 10.6 Å². The van der Waals surface area contributed by atoms with Gasteiger partial charge >= 0.3 is 12.0 Å². The summed E-state index contributed by atoms with van der Waals surface area (Å²) in [6, 6.07) is -1.22. The molecule has 1 aliphatic carbocycles. The fourth-order valence-corrected chi connectivity index (χ4v) is 4.77. The minimum Gasteiger partial charge on any atom is -0.481 e. The van der Waals surface area contributed by atoms with E-state index in [4.69, 9.17) is 5.11 Å². The molecule has 2 amide bonds. The van der Waals surface area contributed by atoms with Crippen LogP contribution in [0.1, 0.15) is 38.5 Å². The first-order valence-corrected chi connectivity index (χ1v) is 9.20. The van der Waals surface area contributed by atoms with Gasteiger partial charge in [-0.15, -0.1) is 0 Å². The first kappa shape index (κ1) is 16.1. The minimum atomic E-state index is -3.07. The average molecular weight is 318 g/mol. The second-order valence-corrected chi connectivity index (χ2v) is 8.14. The number of amides is 2. The lowest BCUT2D eigenvalue weighted by Crippen LogP contribution is -2.53. The van der Waals surface area contributed by atoms with Gasteiger partial charge in [-0.1, -0.05) is 12.8 Å². The van der Waals surface area contributed by atoms with Crippen LogP contribution < -0.4 is 10.6 Å². The molecule has 1 aliphatic heterocycles. The SMILES string of the molecule is O=C(NC1CCCS(=O)(=O)C1)NC1CCCCC1C(=O)O. The second kappa shape index (κ2) is 6.64. The molecule has 0 aromatic carbocycles. The molecule has 3 unspecified atom stereocenters. The van der Waals surface area contributed by atoms with Gasteiger partial charge in [0.1, 0.15) is 0 Å². The molecule has 1 saturated carbocycles. The van der Waals surface area contributed by atoms with Gasteiger partial charge in [0.15, 0.2) is 9.84 Å². The molecule has 0 aromatic heterocycles. The molecule has 3 N–H and O–H groups in total. The van der Waals surface area contributed by atoms with E-state index < -0.39 is 27.8 Å². The van der Waals surface area contributed by atoms with E-state index in [-0.39, 0.29) is 23.6 Å². The summed E-state index contributed by atoms with van der Waals surface area (Å²) in [6.07, 6.45) is 4.16. The van der Waals surface area contributed by atoms with E-state index in [2.05, 4.69) is 10.6 Å². The van der Waals surface area contributed by atoms with Crippen molar-refractivity contribution in [3.8, 4) is 0 Å². The molecule has 21 heavy (non-hydrogen) atoms. The summed E-state index contributed by atoms with van der Waals surface area (Å²) < 4.78 is 23.0. The molecule has 0 bridgehead atoms. The van der Waals surface area contributed by atoms with E-state index in [0.29, 0.717) is 25.7 Å². The number of aliphatic carboxylic acids is 1. The maximum atomic E-state index is 11.9. The number of carboxylic acids is 1. The molecule has 7 nitrogen and oxygen atoms in total. The van der Waals surface area contributed by atoms with Crippen molar-refractivity contribution >= 4 is 21.8 Å². The van der Waals surface area contributed by atoms with Crippen LogP contribution in [0.5, 0.6) is 0 Å². The van der Waals surface area contributed by atoms with Gasteiger partial charge in [0.25, 0.3) is 0 Å². The van der Waals surface area contributed by atoms with E-state index in [0.717, 1.165) is 12.8 Å². The third-order valence-electron chi connectivity index (χ3n) is 4.20. The Hall–Kier alpha value is -1.31. The van der Waals surface area contributed by atoms with Gasteiger partial charge in [-0.25, -0.2) is 13.2 Å². The van der Waals surface area contributed by atoms with E-state index in [9.17, 15) is 18.0 Å². The summed E-state index contributed by atoms with van der Waals surface area (Å²) in [5.74, 6) is -1.30. The Morgan fingerprint density at radius 1 is 1.00 bits per heavy atom. The number of carboxylic acid groups (broad SMARTS) is 1. The number of rotatable bonds is 3. The van der Waals surface area contributed by atoms with Crippen LogP contribution >= 0.6 is 0 Å². The van der Waals surface area contributed by atoms with Gasteiger partial charge < -0.3 is 15.7 Å². The van der Waals surface area contributed by atoms with E-state index >= 15 is 0 Å². The topological polar surface area (TPSA) is 113 Å². The lowest BCUT2D eigenvalue weighted by Gasteiger charge is -2.30. The highest BCUT2D eigenvalue weighted by atomic mass is 32.2.